The largest absolute Gasteiger partial charge is 0.489 e. The lowest BCUT2D eigenvalue weighted by Gasteiger charge is -2.12. The van der Waals surface area contributed by atoms with E-state index in [0.717, 1.165) is 12.3 Å². The van der Waals surface area contributed by atoms with Crippen LogP contribution in [0, 0.1) is 13.8 Å². The zero-order chi connectivity index (χ0) is 20.5. The van der Waals surface area contributed by atoms with Gasteiger partial charge in [-0.05, 0) is 54.3 Å². The second-order valence-electron chi connectivity index (χ2n) is 7.95. The summed E-state index contributed by atoms with van der Waals surface area (Å²) in [6.45, 7) is 5.81. The van der Waals surface area contributed by atoms with Crippen LogP contribution in [-0.2, 0) is 13.2 Å². The molecule has 0 fully saturated rings. The van der Waals surface area contributed by atoms with E-state index >= 15 is 0 Å². The van der Waals surface area contributed by atoms with Crippen LogP contribution in [0.1, 0.15) is 22.3 Å². The van der Waals surface area contributed by atoms with Crippen LogP contribution < -0.4 is 4.74 Å². The lowest BCUT2D eigenvalue weighted by molar-refractivity contribution is 0.306. The number of fused-ring (bicyclic) bond motifs is 3. The predicted octanol–water partition coefficient (Wildman–Crippen LogP) is 7.04. The molecule has 148 valence electrons. The van der Waals surface area contributed by atoms with Crippen molar-refractivity contribution in [3.05, 3.63) is 113 Å². The van der Waals surface area contributed by atoms with Crippen LogP contribution in [0.3, 0.4) is 0 Å². The smallest absolute Gasteiger partial charge is 0.120 e. The third-order valence-electron chi connectivity index (χ3n) is 5.81. The van der Waals surface area contributed by atoms with Gasteiger partial charge in [0.2, 0.25) is 0 Å². The Morgan fingerprint density at radius 2 is 1.43 bits per heavy atom. The van der Waals surface area contributed by atoms with Crippen molar-refractivity contribution in [1.82, 2.24) is 4.57 Å². The number of ether oxygens (including phenoxy) is 1. The standard InChI is InChI=1S/C28H25NO/c1-20-15-16-21(2)28-27(20)25-13-6-7-14-26(25)29(28)18-23-11-8-12-24(17-23)30-19-22-9-4-3-5-10-22/h3-17H,18-19H2,1-2H3. The van der Waals surface area contributed by atoms with Crippen molar-refractivity contribution in [1.29, 1.82) is 0 Å². The Labute approximate surface area is 177 Å². The van der Waals surface area contributed by atoms with Gasteiger partial charge in [-0.1, -0.05) is 72.8 Å². The molecule has 5 rings (SSSR count). The second kappa shape index (κ2) is 7.72. The van der Waals surface area contributed by atoms with Gasteiger partial charge in [-0.15, -0.1) is 0 Å². The van der Waals surface area contributed by atoms with Crippen molar-refractivity contribution in [2.75, 3.05) is 0 Å². The zero-order valence-corrected chi connectivity index (χ0v) is 17.4. The number of aromatic nitrogens is 1. The molecule has 1 aromatic heterocycles. The first kappa shape index (κ1) is 18.5. The minimum atomic E-state index is 0.581. The van der Waals surface area contributed by atoms with Gasteiger partial charge >= 0.3 is 0 Å². The summed E-state index contributed by atoms with van der Waals surface area (Å²) in [5, 5.41) is 2.69. The molecule has 30 heavy (non-hydrogen) atoms. The van der Waals surface area contributed by atoms with Crippen molar-refractivity contribution >= 4 is 21.8 Å². The fourth-order valence-corrected chi connectivity index (χ4v) is 4.35. The van der Waals surface area contributed by atoms with Gasteiger partial charge in [0, 0.05) is 22.8 Å². The lowest BCUT2D eigenvalue weighted by Crippen LogP contribution is -2.01. The van der Waals surface area contributed by atoms with E-state index in [1.807, 2.05) is 24.3 Å². The fraction of sp³-hybridized carbons (Fsp3) is 0.143. The quantitative estimate of drug-likeness (QED) is 0.313. The number of para-hydroxylation sites is 1. The van der Waals surface area contributed by atoms with Crippen molar-refractivity contribution in [3.63, 3.8) is 0 Å². The van der Waals surface area contributed by atoms with Gasteiger partial charge in [0.25, 0.3) is 0 Å². The summed E-state index contributed by atoms with van der Waals surface area (Å²) in [7, 11) is 0. The third-order valence-corrected chi connectivity index (χ3v) is 5.81. The van der Waals surface area contributed by atoms with E-state index in [-0.39, 0.29) is 0 Å². The molecular weight excluding hydrogens is 366 g/mol. The summed E-state index contributed by atoms with van der Waals surface area (Å²) in [6.07, 6.45) is 0. The summed E-state index contributed by atoms with van der Waals surface area (Å²) in [5.41, 5.74) is 7.65. The van der Waals surface area contributed by atoms with Crippen LogP contribution >= 0.6 is 0 Å². The number of benzene rings is 4. The maximum atomic E-state index is 6.06. The van der Waals surface area contributed by atoms with Crippen LogP contribution in [0.2, 0.25) is 0 Å². The van der Waals surface area contributed by atoms with E-state index in [4.69, 9.17) is 4.74 Å². The molecule has 5 aromatic rings. The highest BCUT2D eigenvalue weighted by Crippen LogP contribution is 2.34. The number of hydrogen-bond acceptors (Lipinski definition) is 1. The average molecular weight is 392 g/mol. The molecule has 0 radical (unpaired) electrons. The molecule has 0 atom stereocenters. The number of nitrogens with zero attached hydrogens (tertiary/aromatic N) is 1. The van der Waals surface area contributed by atoms with Crippen molar-refractivity contribution in [2.45, 2.75) is 27.0 Å². The van der Waals surface area contributed by atoms with E-state index in [0.29, 0.717) is 6.61 Å². The SMILES string of the molecule is Cc1ccc(C)c2c1c1ccccc1n2Cc1cccc(OCc2ccccc2)c1. The molecule has 0 N–H and O–H groups in total. The average Bonchev–Trinajstić information content (AvgIpc) is 3.11. The lowest BCUT2D eigenvalue weighted by atomic mass is 10.0. The van der Waals surface area contributed by atoms with Crippen LogP contribution in [0.15, 0.2) is 91.0 Å². The fourth-order valence-electron chi connectivity index (χ4n) is 4.35. The van der Waals surface area contributed by atoms with Crippen LogP contribution in [0.4, 0.5) is 0 Å². The van der Waals surface area contributed by atoms with Gasteiger partial charge in [-0.3, -0.25) is 0 Å². The van der Waals surface area contributed by atoms with Gasteiger partial charge in [-0.2, -0.15) is 0 Å². The number of hydrogen-bond donors (Lipinski definition) is 0. The van der Waals surface area contributed by atoms with Crippen LogP contribution in [0.25, 0.3) is 21.8 Å². The van der Waals surface area contributed by atoms with Gasteiger partial charge < -0.3 is 9.30 Å². The molecule has 4 aromatic carbocycles. The summed E-state index contributed by atoms with van der Waals surface area (Å²) >= 11 is 0. The van der Waals surface area contributed by atoms with Crippen molar-refractivity contribution < 1.29 is 4.74 Å². The van der Waals surface area contributed by atoms with E-state index in [2.05, 4.69) is 85.1 Å². The summed E-state index contributed by atoms with van der Waals surface area (Å²) in [4.78, 5) is 0. The molecule has 0 bridgehead atoms. The summed E-state index contributed by atoms with van der Waals surface area (Å²) in [6, 6.07) is 31.9. The number of aryl methyl sites for hydroxylation is 2. The van der Waals surface area contributed by atoms with Gasteiger partial charge in [0.1, 0.15) is 12.4 Å². The molecule has 2 nitrogen and oxygen atoms in total. The highest BCUT2D eigenvalue weighted by Gasteiger charge is 2.14. The summed E-state index contributed by atoms with van der Waals surface area (Å²) in [5.74, 6) is 0.907. The van der Waals surface area contributed by atoms with Gasteiger partial charge in [0.05, 0.1) is 5.52 Å². The van der Waals surface area contributed by atoms with Crippen molar-refractivity contribution in [2.24, 2.45) is 0 Å². The van der Waals surface area contributed by atoms with E-state index in [9.17, 15) is 0 Å². The molecule has 0 saturated heterocycles. The highest BCUT2D eigenvalue weighted by atomic mass is 16.5. The molecule has 1 heterocycles. The third kappa shape index (κ3) is 3.35. The predicted molar refractivity (Wildman–Crippen MR) is 125 cm³/mol. The Morgan fingerprint density at radius 3 is 2.30 bits per heavy atom. The first-order valence-electron chi connectivity index (χ1n) is 10.4. The highest BCUT2D eigenvalue weighted by molar-refractivity contribution is 6.10. The van der Waals surface area contributed by atoms with Crippen LogP contribution in [-0.4, -0.2) is 4.57 Å². The van der Waals surface area contributed by atoms with Gasteiger partial charge in [0.15, 0.2) is 0 Å². The zero-order valence-electron chi connectivity index (χ0n) is 17.4. The molecule has 0 saturated carbocycles. The Morgan fingerprint density at radius 1 is 0.700 bits per heavy atom. The van der Waals surface area contributed by atoms with E-state index < -0.39 is 0 Å². The molecule has 0 aliphatic carbocycles. The maximum absolute atomic E-state index is 6.06. The van der Waals surface area contributed by atoms with Crippen LogP contribution in [0.5, 0.6) is 5.75 Å². The monoisotopic (exact) mass is 391 g/mol. The maximum Gasteiger partial charge on any atom is 0.120 e. The Kier molecular flexibility index (Phi) is 4.76. The van der Waals surface area contributed by atoms with E-state index in [1.165, 1.54) is 44.1 Å². The molecule has 0 spiro atoms. The molecule has 0 amide bonds. The first-order chi connectivity index (χ1) is 14.7. The Hall–Kier alpha value is -3.52. The Bertz CT molecular complexity index is 1330. The Balaban J connectivity index is 1.52. The molecule has 0 aliphatic heterocycles. The topological polar surface area (TPSA) is 14.2 Å². The van der Waals surface area contributed by atoms with Gasteiger partial charge in [-0.25, -0.2) is 0 Å². The molecule has 2 heteroatoms. The number of rotatable bonds is 5. The van der Waals surface area contributed by atoms with Crippen molar-refractivity contribution in [3.8, 4) is 5.75 Å². The first-order valence-corrected chi connectivity index (χ1v) is 10.4. The van der Waals surface area contributed by atoms with E-state index in [1.54, 1.807) is 0 Å². The summed E-state index contributed by atoms with van der Waals surface area (Å²) < 4.78 is 8.51. The molecule has 0 unspecified atom stereocenters. The molecule has 0 aliphatic rings. The minimum absolute atomic E-state index is 0.581. The second-order valence-corrected chi connectivity index (χ2v) is 7.95. The minimum Gasteiger partial charge on any atom is -0.489 e. The molecular formula is C28H25NO. The normalized spacial score (nSPS) is 11.3.